The van der Waals surface area contributed by atoms with E-state index in [-0.39, 0.29) is 0 Å². The molecule has 1 unspecified atom stereocenters. The van der Waals surface area contributed by atoms with Gasteiger partial charge < -0.3 is 5.32 Å². The zero-order valence-electron chi connectivity index (χ0n) is 10.6. The Balaban J connectivity index is 1.74. The van der Waals surface area contributed by atoms with Gasteiger partial charge in [-0.3, -0.25) is 0 Å². The molecule has 1 aliphatic heterocycles. The number of benzene rings is 2. The van der Waals surface area contributed by atoms with Gasteiger partial charge >= 0.3 is 0 Å². The van der Waals surface area contributed by atoms with E-state index in [1.165, 1.54) is 42.3 Å². The van der Waals surface area contributed by atoms with E-state index in [1.807, 2.05) is 0 Å². The molecule has 0 saturated carbocycles. The fourth-order valence-corrected chi connectivity index (χ4v) is 3.82. The Kier molecular flexibility index (Phi) is 3.87. The van der Waals surface area contributed by atoms with E-state index >= 15 is 0 Å². The molecule has 1 fully saturated rings. The summed E-state index contributed by atoms with van der Waals surface area (Å²) < 4.78 is 0. The van der Waals surface area contributed by atoms with Gasteiger partial charge in [-0.15, -0.1) is 0 Å². The van der Waals surface area contributed by atoms with Crippen molar-refractivity contribution in [2.45, 2.75) is 23.8 Å². The first-order chi connectivity index (χ1) is 8.93. The summed E-state index contributed by atoms with van der Waals surface area (Å²) in [4.78, 5) is 0. The van der Waals surface area contributed by atoms with Crippen molar-refractivity contribution < 1.29 is 0 Å². The predicted octanol–water partition coefficient (Wildman–Crippen LogP) is 3.83. The third-order valence-corrected chi connectivity index (χ3v) is 4.96. The molecule has 0 spiro atoms. The average Bonchev–Trinajstić information content (AvgIpc) is 2.46. The second-order valence-electron chi connectivity index (χ2n) is 4.92. The number of hydrogen-bond acceptors (Lipinski definition) is 2. The highest BCUT2D eigenvalue weighted by molar-refractivity contribution is 7.99. The Morgan fingerprint density at radius 2 is 2.00 bits per heavy atom. The molecule has 1 nitrogen and oxygen atoms in total. The number of fused-ring (bicyclic) bond motifs is 1. The van der Waals surface area contributed by atoms with Gasteiger partial charge in [-0.25, -0.2) is 0 Å². The predicted molar refractivity (Wildman–Crippen MR) is 81.1 cm³/mol. The van der Waals surface area contributed by atoms with Crippen LogP contribution in [-0.2, 0) is 5.75 Å². The Hall–Kier alpha value is -0.990. The fraction of sp³-hybridized carbons (Fsp3) is 0.375. The second-order valence-corrected chi connectivity index (χ2v) is 6.21. The van der Waals surface area contributed by atoms with Crippen LogP contribution in [0.25, 0.3) is 10.8 Å². The van der Waals surface area contributed by atoms with Crippen LogP contribution in [0.1, 0.15) is 18.4 Å². The molecular formula is C16H19NS. The topological polar surface area (TPSA) is 12.0 Å². The molecular weight excluding hydrogens is 238 g/mol. The summed E-state index contributed by atoms with van der Waals surface area (Å²) in [5.41, 5.74) is 1.48. The van der Waals surface area contributed by atoms with Crippen LogP contribution in [0.3, 0.4) is 0 Å². The zero-order valence-corrected chi connectivity index (χ0v) is 11.4. The summed E-state index contributed by atoms with van der Waals surface area (Å²) in [5.74, 6) is 1.13. The lowest BCUT2D eigenvalue weighted by Gasteiger charge is -2.22. The van der Waals surface area contributed by atoms with E-state index in [1.54, 1.807) is 0 Å². The van der Waals surface area contributed by atoms with Crippen molar-refractivity contribution in [2.75, 3.05) is 13.1 Å². The SMILES string of the molecule is c1ccc2c(CSC3CCCNC3)cccc2c1. The Morgan fingerprint density at radius 1 is 1.11 bits per heavy atom. The number of hydrogen-bond donors (Lipinski definition) is 1. The van der Waals surface area contributed by atoms with Crippen LogP contribution in [0.4, 0.5) is 0 Å². The first kappa shape index (κ1) is 12.1. The maximum absolute atomic E-state index is 3.49. The van der Waals surface area contributed by atoms with Crippen molar-refractivity contribution in [3.05, 3.63) is 48.0 Å². The van der Waals surface area contributed by atoms with E-state index in [0.29, 0.717) is 0 Å². The van der Waals surface area contributed by atoms with Crippen molar-refractivity contribution in [3.63, 3.8) is 0 Å². The number of piperidine rings is 1. The van der Waals surface area contributed by atoms with Crippen molar-refractivity contribution in [1.29, 1.82) is 0 Å². The van der Waals surface area contributed by atoms with Crippen molar-refractivity contribution in [1.82, 2.24) is 5.32 Å². The van der Waals surface area contributed by atoms with E-state index in [2.05, 4.69) is 59.5 Å². The van der Waals surface area contributed by atoms with Crippen LogP contribution in [0.15, 0.2) is 42.5 Å². The van der Waals surface area contributed by atoms with E-state index in [9.17, 15) is 0 Å². The fourth-order valence-electron chi connectivity index (χ4n) is 2.59. The van der Waals surface area contributed by atoms with Crippen LogP contribution in [0.2, 0.25) is 0 Å². The Morgan fingerprint density at radius 3 is 2.89 bits per heavy atom. The molecule has 1 atom stereocenters. The number of rotatable bonds is 3. The molecule has 2 aromatic carbocycles. The minimum atomic E-state index is 0.790. The second kappa shape index (κ2) is 5.77. The minimum Gasteiger partial charge on any atom is -0.316 e. The third kappa shape index (κ3) is 2.70. The quantitative estimate of drug-likeness (QED) is 0.897. The van der Waals surface area contributed by atoms with Crippen LogP contribution >= 0.6 is 11.8 Å². The van der Waals surface area contributed by atoms with Gasteiger partial charge in [0.05, 0.1) is 0 Å². The number of thioether (sulfide) groups is 1. The van der Waals surface area contributed by atoms with E-state index in [0.717, 1.165) is 11.0 Å². The molecule has 1 N–H and O–H groups in total. The Bertz CT molecular complexity index is 512. The standard InChI is InChI=1S/C16H19NS/c1-2-9-16-13(5-1)6-3-7-14(16)12-18-15-8-4-10-17-11-15/h1-3,5-7,9,15,17H,4,8,10-12H2. The van der Waals surface area contributed by atoms with Gasteiger partial charge in [0.1, 0.15) is 0 Å². The molecule has 0 aromatic heterocycles. The van der Waals surface area contributed by atoms with Crippen LogP contribution < -0.4 is 5.32 Å². The van der Waals surface area contributed by atoms with Gasteiger partial charge in [-0.05, 0) is 35.7 Å². The molecule has 3 rings (SSSR count). The highest BCUT2D eigenvalue weighted by atomic mass is 32.2. The van der Waals surface area contributed by atoms with Gasteiger partial charge in [-0.1, -0.05) is 42.5 Å². The van der Waals surface area contributed by atoms with Gasteiger partial charge in [0.2, 0.25) is 0 Å². The lowest BCUT2D eigenvalue weighted by atomic mass is 10.1. The molecule has 2 heteroatoms. The maximum Gasteiger partial charge on any atom is 0.0193 e. The largest absolute Gasteiger partial charge is 0.316 e. The lowest BCUT2D eigenvalue weighted by molar-refractivity contribution is 0.531. The molecule has 1 aliphatic rings. The minimum absolute atomic E-state index is 0.790. The van der Waals surface area contributed by atoms with Gasteiger partial charge in [0, 0.05) is 17.5 Å². The monoisotopic (exact) mass is 257 g/mol. The highest BCUT2D eigenvalue weighted by Crippen LogP contribution is 2.27. The lowest BCUT2D eigenvalue weighted by Crippen LogP contribution is -2.31. The molecule has 0 aliphatic carbocycles. The maximum atomic E-state index is 3.49. The Labute approximate surface area is 113 Å². The zero-order chi connectivity index (χ0) is 12.2. The highest BCUT2D eigenvalue weighted by Gasteiger charge is 2.13. The molecule has 1 heterocycles. The first-order valence-corrected chi connectivity index (χ1v) is 7.77. The summed E-state index contributed by atoms with van der Waals surface area (Å²) in [6.07, 6.45) is 2.69. The van der Waals surface area contributed by atoms with Crippen LogP contribution in [-0.4, -0.2) is 18.3 Å². The summed E-state index contributed by atoms with van der Waals surface area (Å²) in [6, 6.07) is 15.3. The molecule has 1 saturated heterocycles. The first-order valence-electron chi connectivity index (χ1n) is 6.72. The molecule has 2 aromatic rings. The van der Waals surface area contributed by atoms with Crippen molar-refractivity contribution in [3.8, 4) is 0 Å². The summed E-state index contributed by atoms with van der Waals surface area (Å²) in [7, 11) is 0. The summed E-state index contributed by atoms with van der Waals surface area (Å²) >= 11 is 2.10. The van der Waals surface area contributed by atoms with Gasteiger partial charge in [0.15, 0.2) is 0 Å². The third-order valence-electron chi connectivity index (χ3n) is 3.61. The number of nitrogens with one attached hydrogen (secondary N) is 1. The molecule has 94 valence electrons. The summed E-state index contributed by atoms with van der Waals surface area (Å²) in [6.45, 7) is 2.38. The van der Waals surface area contributed by atoms with Crippen molar-refractivity contribution in [2.24, 2.45) is 0 Å². The average molecular weight is 257 g/mol. The molecule has 0 bridgehead atoms. The van der Waals surface area contributed by atoms with Crippen LogP contribution in [0, 0.1) is 0 Å². The van der Waals surface area contributed by atoms with E-state index in [4.69, 9.17) is 0 Å². The molecule has 0 radical (unpaired) electrons. The molecule has 18 heavy (non-hydrogen) atoms. The normalized spacial score (nSPS) is 20.1. The van der Waals surface area contributed by atoms with Crippen molar-refractivity contribution >= 4 is 22.5 Å². The van der Waals surface area contributed by atoms with Crippen LogP contribution in [0.5, 0.6) is 0 Å². The smallest absolute Gasteiger partial charge is 0.0193 e. The van der Waals surface area contributed by atoms with E-state index < -0.39 is 0 Å². The van der Waals surface area contributed by atoms with Gasteiger partial charge in [-0.2, -0.15) is 11.8 Å². The summed E-state index contributed by atoms with van der Waals surface area (Å²) in [5, 5.41) is 7.05. The van der Waals surface area contributed by atoms with Gasteiger partial charge in [0.25, 0.3) is 0 Å². The molecule has 0 amide bonds.